The van der Waals surface area contributed by atoms with Crippen LogP contribution in [0.1, 0.15) is 25.5 Å². The molecule has 12 heavy (non-hydrogen) atoms. The van der Waals surface area contributed by atoms with Crippen molar-refractivity contribution in [2.45, 2.75) is 25.3 Å². The van der Waals surface area contributed by atoms with Crippen molar-refractivity contribution in [3.8, 4) is 0 Å². The van der Waals surface area contributed by atoms with E-state index in [0.717, 1.165) is 5.69 Å². The lowest BCUT2D eigenvalue weighted by atomic mass is 9.93. The lowest BCUT2D eigenvalue weighted by molar-refractivity contribution is 0.394. The Balaban J connectivity index is 2.33. The maximum atomic E-state index is 6.23. The summed E-state index contributed by atoms with van der Waals surface area (Å²) >= 11 is 0. The molecule has 1 saturated carbocycles. The van der Waals surface area contributed by atoms with Crippen LogP contribution in [0.5, 0.6) is 0 Å². The maximum Gasteiger partial charge on any atom is 0.0580 e. The van der Waals surface area contributed by atoms with E-state index < -0.39 is 0 Å². The lowest BCUT2D eigenvalue weighted by Gasteiger charge is -2.24. The molecule has 0 aromatic carbocycles. The summed E-state index contributed by atoms with van der Waals surface area (Å²) in [4.78, 5) is 0. The summed E-state index contributed by atoms with van der Waals surface area (Å²) in [5, 5.41) is 4.13. The minimum atomic E-state index is -0.175. The van der Waals surface area contributed by atoms with Gasteiger partial charge in [0.2, 0.25) is 0 Å². The standard InChI is InChI=1S/C9H15N3/c1-9(10,7-3-4-7)8-5-6-11-12(8)2/h5-7H,3-4,10H2,1-2H3. The summed E-state index contributed by atoms with van der Waals surface area (Å²) in [6, 6.07) is 2.01. The summed E-state index contributed by atoms with van der Waals surface area (Å²) in [7, 11) is 1.95. The van der Waals surface area contributed by atoms with Crippen molar-refractivity contribution in [3.05, 3.63) is 18.0 Å². The van der Waals surface area contributed by atoms with E-state index in [4.69, 9.17) is 5.73 Å². The summed E-state index contributed by atoms with van der Waals surface area (Å²) in [6.45, 7) is 2.10. The Bertz CT molecular complexity index is 284. The van der Waals surface area contributed by atoms with E-state index in [0.29, 0.717) is 5.92 Å². The number of nitrogens with zero attached hydrogens (tertiary/aromatic N) is 2. The lowest BCUT2D eigenvalue weighted by Crippen LogP contribution is -2.37. The van der Waals surface area contributed by atoms with E-state index in [1.807, 2.05) is 24.0 Å². The molecule has 66 valence electrons. The molecule has 0 spiro atoms. The van der Waals surface area contributed by atoms with Gasteiger partial charge in [0.15, 0.2) is 0 Å². The van der Waals surface area contributed by atoms with E-state index in [9.17, 15) is 0 Å². The predicted octanol–water partition coefficient (Wildman–Crippen LogP) is 1.00. The van der Waals surface area contributed by atoms with Gasteiger partial charge in [-0.25, -0.2) is 0 Å². The molecule has 1 aromatic heterocycles. The molecule has 3 nitrogen and oxygen atoms in total. The topological polar surface area (TPSA) is 43.8 Å². The largest absolute Gasteiger partial charge is 0.320 e. The van der Waals surface area contributed by atoms with Crippen LogP contribution < -0.4 is 5.73 Å². The summed E-state index contributed by atoms with van der Waals surface area (Å²) in [5.74, 6) is 0.660. The Morgan fingerprint density at radius 2 is 2.33 bits per heavy atom. The van der Waals surface area contributed by atoms with Crippen LogP contribution in [0.25, 0.3) is 0 Å². The van der Waals surface area contributed by atoms with Gasteiger partial charge in [-0.1, -0.05) is 0 Å². The first-order chi connectivity index (χ1) is 5.62. The third-order valence-electron chi connectivity index (χ3n) is 2.80. The Hall–Kier alpha value is -0.830. The first-order valence-electron chi connectivity index (χ1n) is 4.39. The average molecular weight is 165 g/mol. The smallest absolute Gasteiger partial charge is 0.0580 e. The summed E-state index contributed by atoms with van der Waals surface area (Å²) in [6.07, 6.45) is 4.33. The highest BCUT2D eigenvalue weighted by Gasteiger charge is 2.41. The van der Waals surface area contributed by atoms with Gasteiger partial charge in [0.1, 0.15) is 0 Å². The number of rotatable bonds is 2. The number of hydrogen-bond donors (Lipinski definition) is 1. The van der Waals surface area contributed by atoms with E-state index in [1.165, 1.54) is 12.8 Å². The summed E-state index contributed by atoms with van der Waals surface area (Å²) < 4.78 is 1.87. The number of hydrogen-bond acceptors (Lipinski definition) is 2. The van der Waals surface area contributed by atoms with Crippen molar-refractivity contribution in [2.24, 2.45) is 18.7 Å². The Kier molecular flexibility index (Phi) is 1.51. The number of aryl methyl sites for hydroxylation is 1. The van der Waals surface area contributed by atoms with Gasteiger partial charge in [-0.05, 0) is 31.7 Å². The fourth-order valence-electron chi connectivity index (χ4n) is 1.79. The van der Waals surface area contributed by atoms with Gasteiger partial charge in [0, 0.05) is 13.2 Å². The highest BCUT2D eigenvalue weighted by Crippen LogP contribution is 2.43. The zero-order valence-electron chi connectivity index (χ0n) is 7.62. The summed E-state index contributed by atoms with van der Waals surface area (Å²) in [5.41, 5.74) is 7.20. The first kappa shape index (κ1) is 7.80. The maximum absolute atomic E-state index is 6.23. The van der Waals surface area contributed by atoms with Gasteiger partial charge < -0.3 is 5.73 Å². The van der Waals surface area contributed by atoms with E-state index in [-0.39, 0.29) is 5.54 Å². The molecule has 1 heterocycles. The van der Waals surface area contributed by atoms with Crippen LogP contribution in [0.15, 0.2) is 12.3 Å². The molecule has 1 aliphatic carbocycles. The van der Waals surface area contributed by atoms with Gasteiger partial charge in [0.25, 0.3) is 0 Å². The second-order valence-corrected chi connectivity index (χ2v) is 3.90. The van der Waals surface area contributed by atoms with Crippen molar-refractivity contribution < 1.29 is 0 Å². The van der Waals surface area contributed by atoms with Gasteiger partial charge in [-0.3, -0.25) is 4.68 Å². The molecule has 1 atom stereocenters. The Labute approximate surface area is 72.6 Å². The zero-order valence-corrected chi connectivity index (χ0v) is 7.62. The van der Waals surface area contributed by atoms with E-state index >= 15 is 0 Å². The fraction of sp³-hybridized carbons (Fsp3) is 0.667. The molecule has 3 heteroatoms. The number of nitrogens with two attached hydrogens (primary N) is 1. The second kappa shape index (κ2) is 2.33. The van der Waals surface area contributed by atoms with Crippen LogP contribution in [0, 0.1) is 5.92 Å². The number of aromatic nitrogens is 2. The normalized spacial score (nSPS) is 22.2. The molecule has 0 bridgehead atoms. The second-order valence-electron chi connectivity index (χ2n) is 3.90. The van der Waals surface area contributed by atoms with Crippen molar-refractivity contribution >= 4 is 0 Å². The van der Waals surface area contributed by atoms with Gasteiger partial charge in [-0.2, -0.15) is 5.10 Å². The Morgan fingerprint density at radius 1 is 1.67 bits per heavy atom. The molecule has 1 fully saturated rings. The van der Waals surface area contributed by atoms with Crippen molar-refractivity contribution in [2.75, 3.05) is 0 Å². The third kappa shape index (κ3) is 1.05. The highest BCUT2D eigenvalue weighted by atomic mass is 15.3. The van der Waals surface area contributed by atoms with Gasteiger partial charge >= 0.3 is 0 Å². The van der Waals surface area contributed by atoms with E-state index in [1.54, 1.807) is 0 Å². The van der Waals surface area contributed by atoms with Crippen LogP contribution in [-0.2, 0) is 12.6 Å². The molecule has 0 amide bonds. The average Bonchev–Trinajstić information content (AvgIpc) is 2.75. The molecule has 0 radical (unpaired) electrons. The van der Waals surface area contributed by atoms with Crippen molar-refractivity contribution in [1.82, 2.24) is 9.78 Å². The molecule has 2 rings (SSSR count). The highest BCUT2D eigenvalue weighted by molar-refractivity contribution is 5.16. The SMILES string of the molecule is Cn1nccc1C(C)(N)C1CC1. The molecular formula is C9H15N3. The van der Waals surface area contributed by atoms with Gasteiger partial charge in [-0.15, -0.1) is 0 Å². The van der Waals surface area contributed by atoms with Crippen LogP contribution in [-0.4, -0.2) is 9.78 Å². The molecular weight excluding hydrogens is 150 g/mol. The van der Waals surface area contributed by atoms with Crippen LogP contribution in [0.2, 0.25) is 0 Å². The molecule has 1 aliphatic rings. The minimum absolute atomic E-state index is 0.175. The Morgan fingerprint density at radius 3 is 2.75 bits per heavy atom. The van der Waals surface area contributed by atoms with Crippen LogP contribution in [0.3, 0.4) is 0 Å². The fourth-order valence-corrected chi connectivity index (χ4v) is 1.79. The molecule has 2 N–H and O–H groups in total. The minimum Gasteiger partial charge on any atom is -0.320 e. The monoisotopic (exact) mass is 165 g/mol. The quantitative estimate of drug-likeness (QED) is 0.710. The van der Waals surface area contributed by atoms with Crippen LogP contribution >= 0.6 is 0 Å². The first-order valence-corrected chi connectivity index (χ1v) is 4.39. The molecule has 0 saturated heterocycles. The van der Waals surface area contributed by atoms with Gasteiger partial charge in [0.05, 0.1) is 11.2 Å². The molecule has 1 aromatic rings. The van der Waals surface area contributed by atoms with Crippen LogP contribution in [0.4, 0.5) is 0 Å². The van der Waals surface area contributed by atoms with E-state index in [2.05, 4.69) is 12.0 Å². The zero-order chi connectivity index (χ0) is 8.77. The molecule has 1 unspecified atom stereocenters. The van der Waals surface area contributed by atoms with Crippen molar-refractivity contribution in [3.63, 3.8) is 0 Å². The third-order valence-corrected chi connectivity index (χ3v) is 2.80. The molecule has 0 aliphatic heterocycles. The van der Waals surface area contributed by atoms with Crippen molar-refractivity contribution in [1.29, 1.82) is 0 Å². The predicted molar refractivity (Wildman–Crippen MR) is 47.5 cm³/mol.